The van der Waals surface area contributed by atoms with E-state index in [9.17, 15) is 9.18 Å². The minimum Gasteiger partial charge on any atom is -0.322 e. The van der Waals surface area contributed by atoms with Crippen molar-refractivity contribution in [1.29, 1.82) is 0 Å². The van der Waals surface area contributed by atoms with Crippen LogP contribution in [-0.4, -0.2) is 36.1 Å². The van der Waals surface area contributed by atoms with Crippen LogP contribution in [-0.2, 0) is 13.1 Å². The second-order valence-electron chi connectivity index (χ2n) is 10.0. The maximum Gasteiger partial charge on any atom is 0.252 e. The molecule has 0 aliphatic heterocycles. The van der Waals surface area contributed by atoms with Crippen LogP contribution in [0, 0.1) is 19.7 Å². The van der Waals surface area contributed by atoms with Crippen molar-refractivity contribution in [3.05, 3.63) is 86.7 Å². The third kappa shape index (κ3) is 4.95. The highest BCUT2D eigenvalue weighted by Crippen LogP contribution is 2.34. The standard InChI is InChI=1S/C28H33FN6O/c1-4-26(27-31-32-33-35(27)16-20-9-11-23(29)12-10-20)34(24-7-5-6-8-24)17-22-15-21-13-18(2)19(3)14-25(21)30-28(22)36/h9-15,24,26H,4-8,16-17H2,1-3H3,(H,30,36)/t26-/m0/s1. The number of aryl methyl sites for hydroxylation is 2. The van der Waals surface area contributed by atoms with Crippen LogP contribution >= 0.6 is 0 Å². The Hall–Kier alpha value is -3.39. The van der Waals surface area contributed by atoms with Gasteiger partial charge in [0.1, 0.15) is 5.82 Å². The monoisotopic (exact) mass is 488 g/mol. The highest BCUT2D eigenvalue weighted by atomic mass is 19.1. The lowest BCUT2D eigenvalue weighted by molar-refractivity contribution is 0.112. The van der Waals surface area contributed by atoms with Crippen LogP contribution in [0.25, 0.3) is 10.9 Å². The van der Waals surface area contributed by atoms with Gasteiger partial charge >= 0.3 is 0 Å². The Morgan fingerprint density at radius 2 is 1.83 bits per heavy atom. The average molecular weight is 489 g/mol. The number of rotatable bonds is 8. The van der Waals surface area contributed by atoms with Crippen LogP contribution < -0.4 is 5.56 Å². The zero-order chi connectivity index (χ0) is 25.2. The zero-order valence-corrected chi connectivity index (χ0v) is 21.2. The molecule has 2 aromatic carbocycles. The highest BCUT2D eigenvalue weighted by Gasteiger charge is 2.32. The molecule has 1 saturated carbocycles. The third-order valence-corrected chi connectivity index (χ3v) is 7.57. The molecule has 1 aliphatic carbocycles. The Balaban J connectivity index is 1.50. The van der Waals surface area contributed by atoms with Crippen LogP contribution in [0.4, 0.5) is 4.39 Å². The molecule has 7 nitrogen and oxygen atoms in total. The maximum absolute atomic E-state index is 13.4. The number of hydrogen-bond acceptors (Lipinski definition) is 5. The van der Waals surface area contributed by atoms with Crippen molar-refractivity contribution >= 4 is 10.9 Å². The van der Waals surface area contributed by atoms with Gasteiger partial charge in [0.15, 0.2) is 5.82 Å². The number of pyridine rings is 1. The smallest absolute Gasteiger partial charge is 0.252 e. The SMILES string of the molecule is CC[C@@H](c1nnnn1Cc1ccc(F)cc1)N(Cc1cc2cc(C)c(C)cc2[nH]c1=O)C1CCCC1. The molecule has 1 atom stereocenters. The number of aromatic amines is 1. The summed E-state index contributed by atoms with van der Waals surface area (Å²) in [6, 6.07) is 13.0. The topological polar surface area (TPSA) is 79.7 Å². The molecule has 5 rings (SSSR count). The summed E-state index contributed by atoms with van der Waals surface area (Å²) in [4.78, 5) is 18.7. The van der Waals surface area contributed by atoms with Gasteiger partial charge in [-0.1, -0.05) is 31.9 Å². The number of halogens is 1. The highest BCUT2D eigenvalue weighted by molar-refractivity contribution is 5.80. The summed E-state index contributed by atoms with van der Waals surface area (Å²) in [6.45, 7) is 7.29. The fourth-order valence-corrected chi connectivity index (χ4v) is 5.46. The van der Waals surface area contributed by atoms with Gasteiger partial charge < -0.3 is 4.98 Å². The van der Waals surface area contributed by atoms with E-state index in [1.54, 1.807) is 16.8 Å². The first-order chi connectivity index (χ1) is 17.4. The van der Waals surface area contributed by atoms with Gasteiger partial charge in [-0.2, -0.15) is 0 Å². The van der Waals surface area contributed by atoms with E-state index in [4.69, 9.17) is 0 Å². The van der Waals surface area contributed by atoms with E-state index in [1.165, 1.54) is 30.5 Å². The lowest BCUT2D eigenvalue weighted by atomic mass is 10.0. The molecule has 0 radical (unpaired) electrons. The molecular weight excluding hydrogens is 455 g/mol. The van der Waals surface area contributed by atoms with Gasteiger partial charge in [-0.3, -0.25) is 9.69 Å². The van der Waals surface area contributed by atoms with Crippen LogP contribution in [0.1, 0.15) is 73.1 Å². The number of nitrogens with one attached hydrogen (secondary N) is 1. The molecule has 8 heteroatoms. The van der Waals surface area contributed by atoms with Crippen LogP contribution in [0.5, 0.6) is 0 Å². The minimum atomic E-state index is -0.263. The van der Waals surface area contributed by atoms with Crippen LogP contribution in [0.15, 0.2) is 47.3 Å². The van der Waals surface area contributed by atoms with E-state index in [1.807, 2.05) is 12.1 Å². The normalized spacial score (nSPS) is 15.2. The second kappa shape index (κ2) is 10.3. The number of hydrogen-bond donors (Lipinski definition) is 1. The van der Waals surface area contributed by atoms with Crippen molar-refractivity contribution < 1.29 is 4.39 Å². The predicted molar refractivity (Wildman–Crippen MR) is 138 cm³/mol. The van der Waals surface area contributed by atoms with Crippen molar-refractivity contribution in [2.24, 2.45) is 0 Å². The van der Waals surface area contributed by atoms with Crippen LogP contribution in [0.2, 0.25) is 0 Å². The molecule has 1 fully saturated rings. The van der Waals surface area contributed by atoms with Gasteiger partial charge in [-0.15, -0.1) is 5.10 Å². The molecule has 0 bridgehead atoms. The van der Waals surface area contributed by atoms with Gasteiger partial charge in [0.25, 0.3) is 5.56 Å². The fourth-order valence-electron chi connectivity index (χ4n) is 5.46. The molecule has 1 N–H and O–H groups in total. The largest absolute Gasteiger partial charge is 0.322 e. The summed E-state index contributed by atoms with van der Waals surface area (Å²) in [5.74, 6) is 0.512. The van der Waals surface area contributed by atoms with Gasteiger partial charge in [-0.25, -0.2) is 9.07 Å². The maximum atomic E-state index is 13.4. The Morgan fingerprint density at radius 1 is 1.11 bits per heavy atom. The summed E-state index contributed by atoms with van der Waals surface area (Å²) in [7, 11) is 0. The zero-order valence-electron chi connectivity index (χ0n) is 21.2. The first-order valence-electron chi connectivity index (χ1n) is 12.8. The minimum absolute atomic E-state index is 0.0431. The number of tetrazole rings is 1. The Morgan fingerprint density at radius 3 is 2.56 bits per heavy atom. The van der Waals surface area contributed by atoms with E-state index in [0.717, 1.165) is 52.7 Å². The number of nitrogens with zero attached hydrogens (tertiary/aromatic N) is 5. The van der Waals surface area contributed by atoms with Crippen LogP contribution in [0.3, 0.4) is 0 Å². The Bertz CT molecular complexity index is 1400. The number of benzene rings is 2. The molecule has 0 spiro atoms. The lowest BCUT2D eigenvalue weighted by Gasteiger charge is -2.35. The average Bonchev–Trinajstić information content (AvgIpc) is 3.55. The molecule has 188 valence electrons. The number of fused-ring (bicyclic) bond motifs is 1. The van der Waals surface area contributed by atoms with E-state index < -0.39 is 0 Å². The molecule has 1 aliphatic rings. The van der Waals surface area contributed by atoms with E-state index in [0.29, 0.717) is 19.1 Å². The third-order valence-electron chi connectivity index (χ3n) is 7.57. The Labute approximate surface area is 210 Å². The molecule has 2 aromatic heterocycles. The summed E-state index contributed by atoms with van der Waals surface area (Å²) in [5, 5.41) is 13.7. The van der Waals surface area contributed by atoms with Gasteiger partial charge in [0.05, 0.1) is 12.6 Å². The molecule has 0 unspecified atom stereocenters. The lowest BCUT2D eigenvalue weighted by Crippen LogP contribution is -2.39. The fraction of sp³-hybridized carbons (Fsp3) is 0.429. The van der Waals surface area contributed by atoms with E-state index in [-0.39, 0.29) is 17.4 Å². The first-order valence-corrected chi connectivity index (χ1v) is 12.8. The molecular formula is C28H33FN6O. The van der Waals surface area contributed by atoms with Crippen molar-refractivity contribution in [1.82, 2.24) is 30.1 Å². The van der Waals surface area contributed by atoms with E-state index >= 15 is 0 Å². The number of aromatic nitrogens is 5. The quantitative estimate of drug-likeness (QED) is 0.368. The summed E-state index contributed by atoms with van der Waals surface area (Å²) in [5.41, 5.74) is 4.89. The Kier molecular flexibility index (Phi) is 6.96. The number of H-pyrrole nitrogens is 1. The molecule has 0 amide bonds. The summed E-state index contributed by atoms with van der Waals surface area (Å²) in [6.07, 6.45) is 5.37. The van der Waals surface area contributed by atoms with Gasteiger partial charge in [-0.05, 0) is 95.9 Å². The summed E-state index contributed by atoms with van der Waals surface area (Å²) >= 11 is 0. The van der Waals surface area contributed by atoms with Crippen molar-refractivity contribution in [2.45, 2.75) is 78.0 Å². The van der Waals surface area contributed by atoms with Crippen molar-refractivity contribution in [3.63, 3.8) is 0 Å². The molecule has 4 aromatic rings. The van der Waals surface area contributed by atoms with Crippen molar-refractivity contribution in [2.75, 3.05) is 0 Å². The summed E-state index contributed by atoms with van der Waals surface area (Å²) < 4.78 is 15.2. The van der Waals surface area contributed by atoms with Gasteiger partial charge in [0.2, 0.25) is 0 Å². The molecule has 36 heavy (non-hydrogen) atoms. The first kappa shape index (κ1) is 24.3. The second-order valence-corrected chi connectivity index (χ2v) is 10.0. The van der Waals surface area contributed by atoms with Crippen molar-refractivity contribution in [3.8, 4) is 0 Å². The molecule has 2 heterocycles. The van der Waals surface area contributed by atoms with E-state index in [2.05, 4.69) is 52.2 Å². The molecule has 0 saturated heterocycles. The van der Waals surface area contributed by atoms with Gasteiger partial charge in [0, 0.05) is 23.7 Å². The predicted octanol–water partition coefficient (Wildman–Crippen LogP) is 5.21.